The zero-order chi connectivity index (χ0) is 14.3. The highest BCUT2D eigenvalue weighted by molar-refractivity contribution is 5.56. The first-order chi connectivity index (χ1) is 9.02. The second kappa shape index (κ2) is 7.58. The third kappa shape index (κ3) is 5.56. The first-order valence-corrected chi connectivity index (χ1v) is 6.30. The van der Waals surface area contributed by atoms with Crippen LogP contribution in [-0.2, 0) is 4.74 Å². The van der Waals surface area contributed by atoms with Crippen molar-refractivity contribution < 1.29 is 14.4 Å². The van der Waals surface area contributed by atoms with E-state index in [4.69, 9.17) is 9.47 Å². The van der Waals surface area contributed by atoms with Gasteiger partial charge in [-0.05, 0) is 20.8 Å². The van der Waals surface area contributed by atoms with E-state index in [1.165, 1.54) is 12.1 Å². The highest BCUT2D eigenvalue weighted by atomic mass is 16.6. The number of nitro groups is 1. The number of hydrogen-bond acceptors (Lipinski definition) is 5. The van der Waals surface area contributed by atoms with Gasteiger partial charge in [-0.3, -0.25) is 10.1 Å². The van der Waals surface area contributed by atoms with E-state index in [9.17, 15) is 10.1 Å². The van der Waals surface area contributed by atoms with Gasteiger partial charge in [0.1, 0.15) is 5.75 Å². The van der Waals surface area contributed by atoms with Crippen LogP contribution < -0.4 is 10.1 Å². The molecule has 0 bridgehead atoms. The fourth-order valence-electron chi connectivity index (χ4n) is 1.53. The summed E-state index contributed by atoms with van der Waals surface area (Å²) in [7, 11) is 0. The standard InChI is InChI=1S/C13H20N2O4/c1-4-18-13-8-11(7-12(9-13)15(16)17)14-5-6-19-10(2)3/h7-10,14H,4-6H2,1-3H3. The normalized spacial score (nSPS) is 10.5. The minimum Gasteiger partial charge on any atom is -0.494 e. The molecule has 1 N–H and O–H groups in total. The summed E-state index contributed by atoms with van der Waals surface area (Å²) < 4.78 is 10.7. The molecule has 0 aromatic heterocycles. The van der Waals surface area contributed by atoms with Crippen molar-refractivity contribution in [2.75, 3.05) is 25.1 Å². The fraction of sp³-hybridized carbons (Fsp3) is 0.538. The number of rotatable bonds is 8. The smallest absolute Gasteiger partial charge is 0.275 e. The van der Waals surface area contributed by atoms with E-state index in [1.54, 1.807) is 6.07 Å². The van der Waals surface area contributed by atoms with Crippen molar-refractivity contribution in [2.45, 2.75) is 26.9 Å². The Hall–Kier alpha value is -1.82. The predicted molar refractivity (Wildman–Crippen MR) is 73.8 cm³/mol. The summed E-state index contributed by atoms with van der Waals surface area (Å²) in [6.07, 6.45) is 0.172. The van der Waals surface area contributed by atoms with Gasteiger partial charge in [0, 0.05) is 24.4 Å². The molecule has 6 nitrogen and oxygen atoms in total. The van der Waals surface area contributed by atoms with Crippen LogP contribution in [0.2, 0.25) is 0 Å². The number of non-ortho nitro benzene ring substituents is 1. The quantitative estimate of drug-likeness (QED) is 0.446. The molecule has 0 radical (unpaired) electrons. The minimum absolute atomic E-state index is 0.0122. The number of nitrogens with one attached hydrogen (secondary N) is 1. The number of benzene rings is 1. The van der Waals surface area contributed by atoms with Crippen molar-refractivity contribution in [3.63, 3.8) is 0 Å². The highest BCUT2D eigenvalue weighted by Crippen LogP contribution is 2.25. The van der Waals surface area contributed by atoms with Gasteiger partial charge >= 0.3 is 0 Å². The van der Waals surface area contributed by atoms with Gasteiger partial charge in [-0.25, -0.2) is 0 Å². The molecule has 0 heterocycles. The van der Waals surface area contributed by atoms with Gasteiger partial charge < -0.3 is 14.8 Å². The Morgan fingerprint density at radius 3 is 2.68 bits per heavy atom. The van der Waals surface area contributed by atoms with E-state index < -0.39 is 4.92 Å². The van der Waals surface area contributed by atoms with E-state index in [1.807, 2.05) is 20.8 Å². The molecule has 0 atom stereocenters. The first-order valence-electron chi connectivity index (χ1n) is 6.30. The summed E-state index contributed by atoms with van der Waals surface area (Å²) in [5.74, 6) is 0.490. The molecule has 0 fully saturated rings. The van der Waals surface area contributed by atoms with Crippen molar-refractivity contribution in [1.29, 1.82) is 0 Å². The summed E-state index contributed by atoms with van der Waals surface area (Å²) in [6, 6.07) is 4.64. The number of nitrogens with zero attached hydrogens (tertiary/aromatic N) is 1. The lowest BCUT2D eigenvalue weighted by Gasteiger charge is -2.11. The highest BCUT2D eigenvalue weighted by Gasteiger charge is 2.10. The maximum atomic E-state index is 10.8. The topological polar surface area (TPSA) is 73.6 Å². The largest absolute Gasteiger partial charge is 0.494 e. The molecular formula is C13H20N2O4. The maximum Gasteiger partial charge on any atom is 0.275 e. The molecule has 1 rings (SSSR count). The third-order valence-corrected chi connectivity index (χ3v) is 2.30. The van der Waals surface area contributed by atoms with E-state index in [2.05, 4.69) is 5.32 Å². The molecular weight excluding hydrogens is 248 g/mol. The molecule has 0 amide bonds. The summed E-state index contributed by atoms with van der Waals surface area (Å²) >= 11 is 0. The number of anilines is 1. The Morgan fingerprint density at radius 2 is 2.11 bits per heavy atom. The molecule has 106 valence electrons. The zero-order valence-corrected chi connectivity index (χ0v) is 11.5. The van der Waals surface area contributed by atoms with E-state index in [-0.39, 0.29) is 11.8 Å². The van der Waals surface area contributed by atoms with Gasteiger partial charge in [0.25, 0.3) is 5.69 Å². The van der Waals surface area contributed by atoms with Crippen LogP contribution in [0.25, 0.3) is 0 Å². The van der Waals surface area contributed by atoms with Gasteiger partial charge in [0.05, 0.1) is 30.3 Å². The number of ether oxygens (including phenoxy) is 2. The molecule has 0 spiro atoms. The Bertz CT molecular complexity index is 421. The predicted octanol–water partition coefficient (Wildman–Crippen LogP) is 2.83. The second-order valence-corrected chi connectivity index (χ2v) is 4.25. The van der Waals surface area contributed by atoms with Gasteiger partial charge in [-0.2, -0.15) is 0 Å². The van der Waals surface area contributed by atoms with Crippen molar-refractivity contribution in [2.24, 2.45) is 0 Å². The molecule has 0 aliphatic rings. The van der Waals surface area contributed by atoms with E-state index >= 15 is 0 Å². The summed E-state index contributed by atoms with van der Waals surface area (Å²) in [5.41, 5.74) is 0.670. The Kier molecular flexibility index (Phi) is 6.08. The molecule has 0 saturated heterocycles. The number of nitro benzene ring substituents is 1. The van der Waals surface area contributed by atoms with Gasteiger partial charge in [0.2, 0.25) is 0 Å². The maximum absolute atomic E-state index is 10.8. The van der Waals surface area contributed by atoms with Crippen molar-refractivity contribution in [3.05, 3.63) is 28.3 Å². The fourth-order valence-corrected chi connectivity index (χ4v) is 1.53. The summed E-state index contributed by atoms with van der Waals surface area (Å²) in [6.45, 7) is 7.36. The van der Waals surface area contributed by atoms with Crippen LogP contribution in [0.15, 0.2) is 18.2 Å². The molecule has 0 saturated carbocycles. The first kappa shape index (κ1) is 15.2. The van der Waals surface area contributed by atoms with Crippen LogP contribution in [-0.4, -0.2) is 30.8 Å². The molecule has 19 heavy (non-hydrogen) atoms. The van der Waals surface area contributed by atoms with Crippen molar-refractivity contribution in [3.8, 4) is 5.75 Å². The van der Waals surface area contributed by atoms with Crippen LogP contribution in [0, 0.1) is 10.1 Å². The monoisotopic (exact) mass is 268 g/mol. The molecule has 0 unspecified atom stereocenters. The summed E-state index contributed by atoms with van der Waals surface area (Å²) in [5, 5.41) is 13.9. The van der Waals surface area contributed by atoms with Gasteiger partial charge in [-0.1, -0.05) is 0 Å². The molecule has 0 aliphatic carbocycles. The van der Waals surface area contributed by atoms with E-state index in [0.717, 1.165) is 0 Å². The van der Waals surface area contributed by atoms with Gasteiger partial charge in [0.15, 0.2) is 0 Å². The average Bonchev–Trinajstić information content (AvgIpc) is 2.34. The second-order valence-electron chi connectivity index (χ2n) is 4.25. The van der Waals surface area contributed by atoms with Crippen LogP contribution in [0.1, 0.15) is 20.8 Å². The average molecular weight is 268 g/mol. The van der Waals surface area contributed by atoms with E-state index in [0.29, 0.717) is 31.2 Å². The minimum atomic E-state index is -0.432. The zero-order valence-electron chi connectivity index (χ0n) is 11.5. The Morgan fingerprint density at radius 1 is 1.37 bits per heavy atom. The van der Waals surface area contributed by atoms with Crippen LogP contribution in [0.4, 0.5) is 11.4 Å². The molecule has 1 aromatic carbocycles. The Labute approximate surface area is 112 Å². The van der Waals surface area contributed by atoms with Crippen molar-refractivity contribution >= 4 is 11.4 Å². The third-order valence-electron chi connectivity index (χ3n) is 2.30. The van der Waals surface area contributed by atoms with Crippen LogP contribution >= 0.6 is 0 Å². The summed E-state index contributed by atoms with van der Waals surface area (Å²) in [4.78, 5) is 10.4. The van der Waals surface area contributed by atoms with Crippen molar-refractivity contribution in [1.82, 2.24) is 0 Å². The van der Waals surface area contributed by atoms with Crippen LogP contribution in [0.5, 0.6) is 5.75 Å². The molecule has 1 aromatic rings. The van der Waals surface area contributed by atoms with Gasteiger partial charge in [-0.15, -0.1) is 0 Å². The lowest BCUT2D eigenvalue weighted by molar-refractivity contribution is -0.384. The molecule has 6 heteroatoms. The Balaban J connectivity index is 2.67. The lowest BCUT2D eigenvalue weighted by atomic mass is 10.2. The van der Waals surface area contributed by atoms with Crippen LogP contribution in [0.3, 0.4) is 0 Å². The number of hydrogen-bond donors (Lipinski definition) is 1. The molecule has 0 aliphatic heterocycles. The lowest BCUT2D eigenvalue weighted by Crippen LogP contribution is -2.13. The SMILES string of the molecule is CCOc1cc(NCCOC(C)C)cc([N+](=O)[O-])c1.